The van der Waals surface area contributed by atoms with Crippen LogP contribution in [0.3, 0.4) is 0 Å². The van der Waals surface area contributed by atoms with E-state index in [9.17, 15) is 9.59 Å². The Morgan fingerprint density at radius 2 is 1.82 bits per heavy atom. The Morgan fingerprint density at radius 1 is 1.06 bits per heavy atom. The molecule has 8 heteroatoms. The fraction of sp³-hybridized carbons (Fsp3) is 0.346. The molecule has 1 fully saturated rings. The highest BCUT2D eigenvalue weighted by atomic mass is 16.5. The van der Waals surface area contributed by atoms with E-state index in [1.54, 1.807) is 24.3 Å². The molecule has 1 aromatic heterocycles. The van der Waals surface area contributed by atoms with Gasteiger partial charge >= 0.3 is 5.97 Å². The van der Waals surface area contributed by atoms with Crippen molar-refractivity contribution in [2.45, 2.75) is 13.8 Å². The second-order valence-electron chi connectivity index (χ2n) is 8.37. The predicted octanol–water partition coefficient (Wildman–Crippen LogP) is 3.30. The van der Waals surface area contributed by atoms with Crippen molar-refractivity contribution in [1.82, 2.24) is 15.2 Å². The number of aromatic nitrogens is 1. The molecule has 0 spiro atoms. The van der Waals surface area contributed by atoms with Gasteiger partial charge in [-0.15, -0.1) is 0 Å². The first-order valence-corrected chi connectivity index (χ1v) is 11.4. The van der Waals surface area contributed by atoms with Crippen molar-refractivity contribution in [2.24, 2.45) is 0 Å². The Balaban J connectivity index is 1.33. The molecule has 0 bridgehead atoms. The number of nitrogens with zero attached hydrogens (tertiary/aromatic N) is 3. The van der Waals surface area contributed by atoms with Gasteiger partial charge in [0.05, 0.1) is 12.7 Å². The first-order chi connectivity index (χ1) is 16.5. The third-order valence-corrected chi connectivity index (χ3v) is 6.37. The van der Waals surface area contributed by atoms with Gasteiger partial charge in [-0.2, -0.15) is 0 Å². The third-order valence-electron chi connectivity index (χ3n) is 6.37. The van der Waals surface area contributed by atoms with Crippen LogP contribution in [0.4, 0.5) is 5.69 Å². The van der Waals surface area contributed by atoms with Crippen LogP contribution in [0.1, 0.15) is 32.0 Å². The summed E-state index contributed by atoms with van der Waals surface area (Å²) in [5, 5.41) is 3.00. The number of aryl methyl sites for hydroxylation is 1. The molecule has 0 atom stereocenters. The monoisotopic (exact) mass is 462 g/mol. The van der Waals surface area contributed by atoms with Crippen LogP contribution in [0.2, 0.25) is 0 Å². The van der Waals surface area contributed by atoms with Gasteiger partial charge in [-0.3, -0.25) is 9.69 Å². The Morgan fingerprint density at radius 3 is 2.59 bits per heavy atom. The van der Waals surface area contributed by atoms with E-state index in [4.69, 9.17) is 9.15 Å². The number of carbonyl (C=O) groups is 2. The van der Waals surface area contributed by atoms with E-state index in [-0.39, 0.29) is 17.4 Å². The van der Waals surface area contributed by atoms with Crippen molar-refractivity contribution in [1.29, 1.82) is 0 Å². The van der Waals surface area contributed by atoms with Gasteiger partial charge in [-0.25, -0.2) is 9.78 Å². The van der Waals surface area contributed by atoms with Crippen LogP contribution in [0.5, 0.6) is 0 Å². The van der Waals surface area contributed by atoms with E-state index in [2.05, 4.69) is 52.1 Å². The minimum Gasteiger partial charge on any atom is -0.464 e. The Labute approximate surface area is 199 Å². The molecule has 0 saturated carbocycles. The number of oxazole rings is 1. The summed E-state index contributed by atoms with van der Waals surface area (Å²) in [6.07, 6.45) is 1.17. The number of rotatable bonds is 7. The maximum Gasteiger partial charge on any atom is 0.360 e. The highest BCUT2D eigenvalue weighted by Gasteiger charge is 2.23. The minimum atomic E-state index is -0.612. The summed E-state index contributed by atoms with van der Waals surface area (Å²) >= 11 is 0. The van der Waals surface area contributed by atoms with Crippen LogP contribution < -0.4 is 10.2 Å². The molecule has 178 valence electrons. The smallest absolute Gasteiger partial charge is 0.360 e. The second kappa shape index (κ2) is 10.5. The van der Waals surface area contributed by atoms with Crippen LogP contribution >= 0.6 is 0 Å². The van der Waals surface area contributed by atoms with Crippen LogP contribution in [-0.2, 0) is 4.74 Å². The molecule has 1 aliphatic heterocycles. The topological polar surface area (TPSA) is 87.9 Å². The van der Waals surface area contributed by atoms with E-state index >= 15 is 0 Å². The molecule has 3 aromatic rings. The zero-order valence-electron chi connectivity index (χ0n) is 19.8. The maximum absolute atomic E-state index is 12.9. The van der Waals surface area contributed by atoms with Crippen molar-refractivity contribution in [3.8, 4) is 11.3 Å². The quantitative estimate of drug-likeness (QED) is 0.539. The second-order valence-corrected chi connectivity index (χ2v) is 8.37. The largest absolute Gasteiger partial charge is 0.464 e. The average molecular weight is 463 g/mol. The third kappa shape index (κ3) is 4.97. The number of amides is 1. The lowest BCUT2D eigenvalue weighted by molar-refractivity contribution is 0.0595. The Hall–Kier alpha value is -3.65. The molecular formula is C26H30N4O4. The minimum absolute atomic E-state index is 0.0458. The SMILES string of the molecule is COC(=O)c1ncoc1-c1ccccc1C(=O)NCCN1CCN(c2cccc(C)c2C)CC1. The van der Waals surface area contributed by atoms with Gasteiger partial charge in [0.2, 0.25) is 0 Å². The van der Waals surface area contributed by atoms with Crippen LogP contribution in [0.15, 0.2) is 53.3 Å². The lowest BCUT2D eigenvalue weighted by Gasteiger charge is -2.37. The van der Waals surface area contributed by atoms with Crippen LogP contribution in [0.25, 0.3) is 11.3 Å². The number of piperazine rings is 1. The number of nitrogens with one attached hydrogen (secondary N) is 1. The fourth-order valence-electron chi connectivity index (χ4n) is 4.27. The zero-order chi connectivity index (χ0) is 24.1. The summed E-state index contributed by atoms with van der Waals surface area (Å²) in [4.78, 5) is 33.7. The highest BCUT2D eigenvalue weighted by molar-refractivity contribution is 6.03. The highest BCUT2D eigenvalue weighted by Crippen LogP contribution is 2.27. The van der Waals surface area contributed by atoms with Gasteiger partial charge in [-0.05, 0) is 37.1 Å². The fourth-order valence-corrected chi connectivity index (χ4v) is 4.27. The van der Waals surface area contributed by atoms with Gasteiger partial charge in [0.25, 0.3) is 5.91 Å². The van der Waals surface area contributed by atoms with E-state index in [0.717, 1.165) is 32.7 Å². The molecule has 0 aliphatic carbocycles. The molecule has 2 aromatic carbocycles. The molecule has 1 amide bonds. The van der Waals surface area contributed by atoms with Crippen LogP contribution in [0, 0.1) is 13.8 Å². The van der Waals surface area contributed by atoms with Crippen molar-refractivity contribution in [2.75, 3.05) is 51.3 Å². The molecule has 4 rings (SSSR count). The van der Waals surface area contributed by atoms with Crippen molar-refractivity contribution < 1.29 is 18.7 Å². The molecular weight excluding hydrogens is 432 g/mol. The average Bonchev–Trinajstić information content (AvgIpc) is 3.35. The summed E-state index contributed by atoms with van der Waals surface area (Å²) in [7, 11) is 1.28. The van der Waals surface area contributed by atoms with Gasteiger partial charge in [0.15, 0.2) is 17.8 Å². The first-order valence-electron chi connectivity index (χ1n) is 11.4. The number of hydrogen-bond acceptors (Lipinski definition) is 7. The molecule has 2 heterocycles. The van der Waals surface area contributed by atoms with Crippen LogP contribution in [-0.4, -0.2) is 68.1 Å². The van der Waals surface area contributed by atoms with Gasteiger partial charge in [-0.1, -0.05) is 30.3 Å². The number of esters is 1. The summed E-state index contributed by atoms with van der Waals surface area (Å²) < 4.78 is 10.2. The Bertz CT molecular complexity index is 1170. The summed E-state index contributed by atoms with van der Waals surface area (Å²) in [5.74, 6) is -0.615. The molecule has 0 radical (unpaired) electrons. The predicted molar refractivity (Wildman–Crippen MR) is 130 cm³/mol. The number of ether oxygens (including phenoxy) is 1. The first kappa shape index (κ1) is 23.5. The van der Waals surface area contributed by atoms with Crippen molar-refractivity contribution in [3.05, 3.63) is 71.2 Å². The number of benzene rings is 2. The van der Waals surface area contributed by atoms with E-state index in [1.807, 2.05) is 0 Å². The lowest BCUT2D eigenvalue weighted by atomic mass is 10.0. The van der Waals surface area contributed by atoms with Gasteiger partial charge in [0.1, 0.15) is 0 Å². The van der Waals surface area contributed by atoms with Gasteiger partial charge in [0, 0.05) is 50.5 Å². The van der Waals surface area contributed by atoms with E-state index < -0.39 is 5.97 Å². The molecule has 0 unspecified atom stereocenters. The standard InChI is InChI=1S/C26H30N4O4/c1-18-7-6-10-22(19(18)2)30-15-13-29(14-16-30)12-11-27-25(31)21-9-5-4-8-20(21)24-23(26(32)33-3)28-17-34-24/h4-10,17H,11-16H2,1-3H3,(H,27,31). The van der Waals surface area contributed by atoms with Crippen molar-refractivity contribution in [3.63, 3.8) is 0 Å². The molecule has 1 aliphatic rings. The molecule has 1 saturated heterocycles. The number of carbonyl (C=O) groups excluding carboxylic acids is 2. The van der Waals surface area contributed by atoms with Crippen molar-refractivity contribution >= 4 is 17.6 Å². The molecule has 1 N–H and O–H groups in total. The van der Waals surface area contributed by atoms with E-state index in [1.165, 1.54) is 30.3 Å². The number of methoxy groups -OCH3 is 1. The summed E-state index contributed by atoms with van der Waals surface area (Å²) in [5.41, 5.74) is 4.92. The Kier molecular flexibility index (Phi) is 7.27. The molecule has 8 nitrogen and oxygen atoms in total. The zero-order valence-corrected chi connectivity index (χ0v) is 19.8. The summed E-state index contributed by atoms with van der Waals surface area (Å²) in [6, 6.07) is 13.4. The lowest BCUT2D eigenvalue weighted by Crippen LogP contribution is -2.48. The number of hydrogen-bond donors (Lipinski definition) is 1. The van der Waals surface area contributed by atoms with E-state index in [0.29, 0.717) is 17.7 Å². The number of anilines is 1. The maximum atomic E-state index is 12.9. The normalized spacial score (nSPS) is 14.1. The summed E-state index contributed by atoms with van der Waals surface area (Å²) in [6.45, 7) is 9.43. The van der Waals surface area contributed by atoms with Gasteiger partial charge < -0.3 is 19.4 Å². The molecule has 34 heavy (non-hydrogen) atoms.